The van der Waals surface area contributed by atoms with Crippen LogP contribution < -0.4 is 4.57 Å². The fraction of sp³-hybridized carbons (Fsp3) is 0.231. The van der Waals surface area contributed by atoms with Gasteiger partial charge in [0.05, 0.1) is 108 Å². The maximum Gasteiger partial charge on any atom is 0.343 e. The number of hydrogen-bond acceptors (Lipinski definition) is 25. The number of aryl methyl sites for hydroxylation is 7. The van der Waals surface area contributed by atoms with Crippen molar-refractivity contribution in [1.29, 1.82) is 0 Å². The van der Waals surface area contributed by atoms with E-state index in [1.807, 2.05) is 225 Å². The number of nitrogens with zero attached hydrogens (tertiary/aromatic N) is 16. The number of benzene rings is 4. The molecule has 2 aliphatic rings. The molecule has 16 aromatic heterocycles. The Morgan fingerprint density at radius 1 is 0.366 bits per heavy atom. The quantitative estimate of drug-likeness (QED) is 0.0266. The first-order valence-electron chi connectivity index (χ1n) is 44.5. The van der Waals surface area contributed by atoms with Crippen molar-refractivity contribution in [3.63, 3.8) is 0 Å². The summed E-state index contributed by atoms with van der Waals surface area (Å²) in [7, 11) is 0. The summed E-state index contributed by atoms with van der Waals surface area (Å²) >= 11 is 0. The van der Waals surface area contributed by atoms with Gasteiger partial charge in [0.2, 0.25) is 0 Å². The molecule has 1 unspecified atom stereocenters. The number of aromatic nitrogens is 20. The van der Waals surface area contributed by atoms with Crippen molar-refractivity contribution in [1.82, 2.24) is 95.4 Å². The monoisotopic (exact) mass is 1790 g/mol. The first-order valence-corrected chi connectivity index (χ1v) is 44.5. The van der Waals surface area contributed by atoms with Crippen molar-refractivity contribution < 1.29 is 53.3 Å². The highest BCUT2D eigenvalue weighted by atomic mass is 16.5. The number of hydrogen-bond donors (Lipinski definition) is 10. The number of imidazole rings is 4. The zero-order chi connectivity index (χ0) is 92.7. The fourth-order valence-corrected chi connectivity index (χ4v) is 17.9. The number of H-pyrrole nitrogens is 4. The van der Waals surface area contributed by atoms with E-state index >= 15 is 0 Å². The van der Waals surface area contributed by atoms with Crippen molar-refractivity contribution in [2.45, 2.75) is 148 Å². The number of pyridine rings is 8. The second-order valence-corrected chi connectivity index (χ2v) is 34.2. The minimum atomic E-state index is -1.67. The number of aliphatic hydroxyl groups is 6. The van der Waals surface area contributed by atoms with E-state index in [1.165, 1.54) is 0 Å². The van der Waals surface area contributed by atoms with E-state index in [4.69, 9.17) is 38.0 Å². The summed E-state index contributed by atoms with van der Waals surface area (Å²) < 4.78 is 23.3. The molecule has 2 fully saturated rings. The van der Waals surface area contributed by atoms with E-state index in [-0.39, 0.29) is 13.2 Å². The Kier molecular flexibility index (Phi) is 23.8. The molecule has 30 nitrogen and oxygen atoms in total. The van der Waals surface area contributed by atoms with Gasteiger partial charge in [0.1, 0.15) is 64.1 Å². The van der Waals surface area contributed by atoms with Crippen molar-refractivity contribution in [2.75, 3.05) is 0 Å². The van der Waals surface area contributed by atoms with Gasteiger partial charge in [-0.25, -0.2) is 19.9 Å². The molecule has 134 heavy (non-hydrogen) atoms. The van der Waals surface area contributed by atoms with Gasteiger partial charge in [-0.3, -0.25) is 34.9 Å². The minimum Gasteiger partial charge on any atom is -0.390 e. The van der Waals surface area contributed by atoms with E-state index < -0.39 is 22.5 Å². The number of aliphatic hydroxyl groups excluding tert-OH is 2. The first kappa shape index (κ1) is 87.9. The van der Waals surface area contributed by atoms with E-state index in [9.17, 15) is 30.6 Å². The summed E-state index contributed by atoms with van der Waals surface area (Å²) in [5.41, 5.74) is 14.0. The lowest BCUT2D eigenvalue weighted by molar-refractivity contribution is -0.784. The zero-order valence-corrected chi connectivity index (χ0v) is 75.0. The molecular formula is C104H97N20O10+. The van der Waals surface area contributed by atoms with Crippen LogP contribution in [0.25, 0.3) is 88.6 Å². The van der Waals surface area contributed by atoms with Gasteiger partial charge >= 0.3 is 5.72 Å². The van der Waals surface area contributed by atoms with Gasteiger partial charge in [0, 0.05) is 114 Å². The summed E-state index contributed by atoms with van der Waals surface area (Å²) in [5.74, 6) is 7.12. The Hall–Kier alpha value is -15.4. The van der Waals surface area contributed by atoms with Crippen molar-refractivity contribution >= 4 is 44.1 Å². The van der Waals surface area contributed by atoms with Gasteiger partial charge in [-0.05, 0) is 229 Å². The highest BCUT2D eigenvalue weighted by molar-refractivity contribution is 5.92. The highest BCUT2D eigenvalue weighted by Gasteiger charge is 2.48. The van der Waals surface area contributed by atoms with Crippen LogP contribution >= 0.6 is 0 Å². The van der Waals surface area contributed by atoms with Crippen molar-refractivity contribution in [3.8, 4) is 44.5 Å². The number of fused-ring (bicyclic) bond motifs is 4. The molecule has 1 atom stereocenters. The fourth-order valence-electron chi connectivity index (χ4n) is 17.9. The standard InChI is InChI=1S/C27H27N5O2.C26H24N5O3.C26H23N5O3.C25H23N5O2/c1-16(2)13-24-30-21-15-19(25-17(3)32-34-18(25)4)14-20(26(21)31-24)27(33,22-9-5-7-11-28-22)23-10-6-8-12-29-23;1-16-23(21(15-32)30-34-16)18-13-19(24-20(14-18)28-25(29-24)17-8-9-17)26(33,22-7-3-4-10-27-22)31-11-5-2-6-12-31;1-15-23(20(14-32)34-31-15)17-12-18(24-19(13-17)29-25(30-24)16-8-9-16)26(33,21-6-2-4-10-27-21)22-7-3-5-11-28-22;1-4-22-28-19-14-17(23-15(2)30-32-16(23)3)13-18(24(19)29-22)25(31,20-9-5-7-11-26-20)21-10-6-8-12-27-21/h5-12,14-16,33H,13H2,1-4H3,(H,30,31);2-7,10-14,17,32-33H,8-9,15H2,1H3,(H,28,29);2-7,10-13,16,32-33H,8-9,14H2,1H3,(H,29,30);5-14,31H,4H2,1-3H3,(H,28,29)/q;+1;;. The van der Waals surface area contributed by atoms with Crippen LogP contribution in [0.5, 0.6) is 0 Å². The van der Waals surface area contributed by atoms with E-state index in [0.29, 0.717) is 147 Å². The third-order valence-corrected chi connectivity index (χ3v) is 24.6. The van der Waals surface area contributed by atoms with Gasteiger partial charge < -0.3 is 68.7 Å². The predicted molar refractivity (Wildman–Crippen MR) is 499 cm³/mol. The van der Waals surface area contributed by atoms with Gasteiger partial charge in [-0.15, -0.1) is 0 Å². The van der Waals surface area contributed by atoms with Gasteiger partial charge in [0.15, 0.2) is 35.0 Å². The lowest BCUT2D eigenvalue weighted by atomic mass is 9.83. The van der Waals surface area contributed by atoms with Crippen LogP contribution in [0, 0.1) is 47.5 Å². The number of aromatic amines is 4. The molecule has 22 rings (SSSR count). The van der Waals surface area contributed by atoms with Crippen LogP contribution in [0.15, 0.2) is 268 Å². The summed E-state index contributed by atoms with van der Waals surface area (Å²) in [6, 6.07) is 59.6. The predicted octanol–water partition coefficient (Wildman–Crippen LogP) is 16.9. The molecule has 2 aliphatic carbocycles. The Morgan fingerprint density at radius 3 is 1.07 bits per heavy atom. The molecule has 0 radical (unpaired) electrons. The Labute approximate surface area is 768 Å². The van der Waals surface area contributed by atoms with E-state index in [0.717, 1.165) is 129 Å². The third kappa shape index (κ3) is 16.3. The average Bonchev–Trinajstić information content (AvgIpc) is 1.50. The van der Waals surface area contributed by atoms with Gasteiger partial charge in [-0.1, -0.05) is 89.9 Å². The maximum atomic E-state index is 12.5. The third-order valence-electron chi connectivity index (χ3n) is 24.6. The summed E-state index contributed by atoms with van der Waals surface area (Å²) in [6.45, 7) is 17.0. The highest BCUT2D eigenvalue weighted by Crippen LogP contribution is 2.49. The maximum absolute atomic E-state index is 12.5. The first-order chi connectivity index (χ1) is 65.1. The number of nitrogens with one attached hydrogen (secondary N) is 4. The second kappa shape index (κ2) is 36.4. The molecule has 2 saturated carbocycles. The molecule has 20 aromatic rings. The molecule has 0 aliphatic heterocycles. The Morgan fingerprint density at radius 2 is 0.701 bits per heavy atom. The zero-order valence-electron chi connectivity index (χ0n) is 75.0. The Bertz CT molecular complexity index is 7140. The van der Waals surface area contributed by atoms with Crippen LogP contribution in [0.3, 0.4) is 0 Å². The largest absolute Gasteiger partial charge is 0.390 e. The van der Waals surface area contributed by atoms with Crippen LogP contribution in [0.4, 0.5) is 0 Å². The van der Waals surface area contributed by atoms with Crippen LogP contribution in [0.2, 0.25) is 0 Å². The smallest absolute Gasteiger partial charge is 0.343 e. The normalized spacial score (nSPS) is 13.4. The molecule has 16 heterocycles. The molecule has 30 heteroatoms. The van der Waals surface area contributed by atoms with E-state index in [1.54, 1.807) is 78.3 Å². The molecule has 0 saturated heterocycles. The van der Waals surface area contributed by atoms with Crippen LogP contribution in [0.1, 0.15) is 190 Å². The van der Waals surface area contributed by atoms with Gasteiger partial charge in [-0.2, -0.15) is 4.57 Å². The molecular weight excluding hydrogens is 1690 g/mol. The van der Waals surface area contributed by atoms with Crippen LogP contribution in [-0.2, 0) is 48.6 Å². The minimum absolute atomic E-state index is 0.256. The lowest BCUT2D eigenvalue weighted by Gasteiger charge is -2.28. The lowest BCUT2D eigenvalue weighted by Crippen LogP contribution is -2.58. The molecule has 10 N–H and O–H groups in total. The molecule has 0 spiro atoms. The van der Waals surface area contributed by atoms with E-state index in [2.05, 4.69) is 89.3 Å². The Balaban J connectivity index is 0.000000115. The summed E-state index contributed by atoms with van der Waals surface area (Å²) in [4.78, 5) is 65.0. The SMILES string of the molecule is CCc1nc2c(C(O)(c3ccccn3)c3ccccn3)cc(-c3c(C)noc3C)cc2[nH]1.Cc1noc(C)c1-c1cc(C(O)(c2ccccn2)c2ccccn2)c2nc(CC(C)C)[nH]c2c1.Cc1noc(CO)c1-c1cc(C(O)(c2ccccn2)c2ccccn2)c2nc(C3CC3)[nH]c2c1.Cc1onc(CO)c1-c1cc(C(O)(c2ccccn2)[n+]2ccccc2)c2nc(C3CC3)[nH]c2c1. The van der Waals surface area contributed by atoms with Crippen LogP contribution in [-0.4, -0.2) is 126 Å². The van der Waals surface area contributed by atoms with Crippen molar-refractivity contribution in [2.24, 2.45) is 5.92 Å². The molecule has 672 valence electrons. The topological polar surface area (TPSA) is 434 Å². The van der Waals surface area contributed by atoms with Gasteiger partial charge in [0.25, 0.3) is 0 Å². The molecule has 0 amide bonds. The average molecular weight is 1790 g/mol. The second-order valence-electron chi connectivity index (χ2n) is 34.2. The number of rotatable bonds is 23. The summed E-state index contributed by atoms with van der Waals surface area (Å²) in [6.07, 6.45) is 21.2. The summed E-state index contributed by atoms with van der Waals surface area (Å²) in [5, 5.41) is 85.7. The molecule has 4 aromatic carbocycles. The van der Waals surface area contributed by atoms with Crippen molar-refractivity contribution in [3.05, 3.63) is 381 Å². The molecule has 0 bridgehead atoms.